The maximum atomic E-state index is 12.0. The number of hydrogen-bond acceptors (Lipinski definition) is 5. The summed E-state index contributed by atoms with van der Waals surface area (Å²) in [6.07, 6.45) is 3.95. The number of sulfonamides is 1. The van der Waals surface area contributed by atoms with E-state index in [1.165, 1.54) is 4.90 Å². The Kier molecular flexibility index (Phi) is 6.01. The molecule has 1 saturated heterocycles. The van der Waals surface area contributed by atoms with Gasteiger partial charge in [0.2, 0.25) is 10.0 Å². The van der Waals surface area contributed by atoms with Crippen molar-refractivity contribution in [1.82, 2.24) is 9.62 Å². The first-order valence-corrected chi connectivity index (χ1v) is 8.28. The van der Waals surface area contributed by atoms with Crippen LogP contribution in [-0.2, 0) is 19.5 Å². The monoisotopic (exact) mass is 318 g/mol. The molecule has 0 aromatic carbocycles. The maximum Gasteiger partial charge on any atom is 0.410 e. The number of morpholine rings is 1. The van der Waals surface area contributed by atoms with Crippen LogP contribution in [0.3, 0.4) is 0 Å². The molecule has 0 bridgehead atoms. The minimum Gasteiger partial charge on any atom is -0.444 e. The molecule has 1 rings (SSSR count). The van der Waals surface area contributed by atoms with E-state index in [0.29, 0.717) is 6.54 Å². The quantitative estimate of drug-likeness (QED) is 0.747. The zero-order valence-electron chi connectivity index (χ0n) is 12.6. The van der Waals surface area contributed by atoms with Gasteiger partial charge in [-0.15, -0.1) is 6.42 Å². The van der Waals surface area contributed by atoms with E-state index < -0.39 is 27.8 Å². The van der Waals surface area contributed by atoms with Gasteiger partial charge in [0.05, 0.1) is 31.6 Å². The predicted molar refractivity (Wildman–Crippen MR) is 78.2 cm³/mol. The van der Waals surface area contributed by atoms with E-state index in [-0.39, 0.29) is 25.4 Å². The maximum absolute atomic E-state index is 12.0. The van der Waals surface area contributed by atoms with Gasteiger partial charge in [0.15, 0.2) is 0 Å². The molecule has 1 unspecified atom stereocenters. The molecule has 1 fully saturated rings. The first-order chi connectivity index (χ1) is 9.63. The Morgan fingerprint density at radius 1 is 1.52 bits per heavy atom. The van der Waals surface area contributed by atoms with Crippen LogP contribution in [0.25, 0.3) is 0 Å². The highest BCUT2D eigenvalue weighted by Gasteiger charge is 2.30. The molecule has 120 valence electrons. The van der Waals surface area contributed by atoms with Crippen molar-refractivity contribution < 1.29 is 22.7 Å². The first-order valence-electron chi connectivity index (χ1n) is 6.63. The molecule has 1 atom stereocenters. The van der Waals surface area contributed by atoms with Crippen LogP contribution in [0.5, 0.6) is 0 Å². The van der Waals surface area contributed by atoms with Gasteiger partial charge in [-0.2, -0.15) is 0 Å². The summed E-state index contributed by atoms with van der Waals surface area (Å²) in [7, 11) is -3.52. The molecule has 0 saturated carbocycles. The zero-order valence-corrected chi connectivity index (χ0v) is 13.4. The summed E-state index contributed by atoms with van der Waals surface area (Å²) in [4.78, 5) is 13.4. The van der Waals surface area contributed by atoms with Crippen molar-refractivity contribution in [2.75, 3.05) is 32.0 Å². The summed E-state index contributed by atoms with van der Waals surface area (Å²) in [6, 6.07) is 0. The van der Waals surface area contributed by atoms with E-state index in [2.05, 4.69) is 10.6 Å². The number of nitrogens with zero attached hydrogens (tertiary/aromatic N) is 1. The largest absolute Gasteiger partial charge is 0.444 e. The molecule has 0 aromatic heterocycles. The van der Waals surface area contributed by atoms with Crippen LogP contribution >= 0.6 is 0 Å². The number of rotatable bonds is 4. The second kappa shape index (κ2) is 7.11. The molecule has 0 aliphatic carbocycles. The van der Waals surface area contributed by atoms with E-state index in [9.17, 15) is 13.2 Å². The molecule has 1 amide bonds. The normalized spacial score (nSPS) is 19.9. The lowest BCUT2D eigenvalue weighted by molar-refractivity contribution is -0.0343. The van der Waals surface area contributed by atoms with Crippen molar-refractivity contribution in [3.63, 3.8) is 0 Å². The number of hydrogen-bond donors (Lipinski definition) is 1. The van der Waals surface area contributed by atoms with Gasteiger partial charge in [-0.3, -0.25) is 0 Å². The third-order valence-electron chi connectivity index (χ3n) is 2.59. The van der Waals surface area contributed by atoms with Crippen molar-refractivity contribution in [1.29, 1.82) is 0 Å². The van der Waals surface area contributed by atoms with Crippen LogP contribution in [0, 0.1) is 12.3 Å². The molecule has 7 nitrogen and oxygen atoms in total. The Morgan fingerprint density at radius 3 is 2.76 bits per heavy atom. The van der Waals surface area contributed by atoms with Gasteiger partial charge in [-0.1, -0.05) is 5.92 Å². The standard InChI is InChI=1S/C13H22N2O5S/c1-5-6-14-21(17,18)10-11-9-15(7-8-19-11)12(16)20-13(2,3)4/h1,11,14H,6-10H2,2-4H3. The van der Waals surface area contributed by atoms with E-state index in [1.54, 1.807) is 20.8 Å². The molecule has 1 aliphatic heterocycles. The van der Waals surface area contributed by atoms with Crippen LogP contribution in [0.2, 0.25) is 0 Å². The SMILES string of the molecule is C#CCNS(=O)(=O)CC1CN(C(=O)OC(C)(C)C)CCO1. The summed E-state index contributed by atoms with van der Waals surface area (Å²) in [5, 5.41) is 0. The fourth-order valence-electron chi connectivity index (χ4n) is 1.77. The lowest BCUT2D eigenvalue weighted by atomic mass is 10.2. The Bertz CT molecular complexity index is 504. The number of ether oxygens (including phenoxy) is 2. The number of carbonyl (C=O) groups excluding carboxylic acids is 1. The zero-order chi connectivity index (χ0) is 16.1. The van der Waals surface area contributed by atoms with Crippen LogP contribution in [0.1, 0.15) is 20.8 Å². The lowest BCUT2D eigenvalue weighted by Gasteiger charge is -2.34. The lowest BCUT2D eigenvalue weighted by Crippen LogP contribution is -2.50. The number of amides is 1. The Labute approximate surface area is 126 Å². The predicted octanol–water partition coefficient (Wildman–Crippen LogP) is 0.175. The summed E-state index contributed by atoms with van der Waals surface area (Å²) in [5.41, 5.74) is -0.592. The highest BCUT2D eigenvalue weighted by atomic mass is 32.2. The van der Waals surface area contributed by atoms with Gasteiger partial charge >= 0.3 is 6.09 Å². The van der Waals surface area contributed by atoms with Gasteiger partial charge in [0, 0.05) is 6.54 Å². The van der Waals surface area contributed by atoms with Crippen molar-refractivity contribution in [3.8, 4) is 12.3 Å². The Morgan fingerprint density at radius 2 is 2.19 bits per heavy atom. The van der Waals surface area contributed by atoms with Gasteiger partial charge in [0.1, 0.15) is 5.60 Å². The van der Waals surface area contributed by atoms with E-state index in [0.717, 1.165) is 0 Å². The summed E-state index contributed by atoms with van der Waals surface area (Å²) >= 11 is 0. The van der Waals surface area contributed by atoms with Crippen molar-refractivity contribution >= 4 is 16.1 Å². The smallest absolute Gasteiger partial charge is 0.410 e. The summed E-state index contributed by atoms with van der Waals surface area (Å²) in [6.45, 7) is 6.08. The molecule has 1 aliphatic rings. The third-order valence-corrected chi connectivity index (χ3v) is 3.98. The minimum atomic E-state index is -3.52. The topological polar surface area (TPSA) is 84.9 Å². The molecule has 0 aromatic rings. The van der Waals surface area contributed by atoms with Crippen molar-refractivity contribution in [2.24, 2.45) is 0 Å². The van der Waals surface area contributed by atoms with Gasteiger partial charge in [0.25, 0.3) is 0 Å². The van der Waals surface area contributed by atoms with Crippen LogP contribution in [0.15, 0.2) is 0 Å². The van der Waals surface area contributed by atoms with Crippen molar-refractivity contribution in [3.05, 3.63) is 0 Å². The average Bonchev–Trinajstić information content (AvgIpc) is 2.34. The summed E-state index contributed by atoms with van der Waals surface area (Å²) < 4.78 is 36.4. The van der Waals surface area contributed by atoms with E-state index >= 15 is 0 Å². The van der Waals surface area contributed by atoms with Gasteiger partial charge in [-0.25, -0.2) is 17.9 Å². The van der Waals surface area contributed by atoms with E-state index in [4.69, 9.17) is 15.9 Å². The molecular formula is C13H22N2O5S. The Hall–Kier alpha value is -1.30. The Balaban J connectivity index is 2.57. The second-order valence-electron chi connectivity index (χ2n) is 5.73. The molecule has 0 radical (unpaired) electrons. The fraction of sp³-hybridized carbons (Fsp3) is 0.769. The number of carbonyl (C=O) groups is 1. The number of nitrogens with one attached hydrogen (secondary N) is 1. The summed E-state index contributed by atoms with van der Waals surface area (Å²) in [5.74, 6) is 1.96. The molecule has 21 heavy (non-hydrogen) atoms. The molecule has 8 heteroatoms. The van der Waals surface area contributed by atoms with Gasteiger partial charge in [-0.05, 0) is 20.8 Å². The van der Waals surface area contributed by atoms with Crippen molar-refractivity contribution in [2.45, 2.75) is 32.5 Å². The highest BCUT2D eigenvalue weighted by molar-refractivity contribution is 7.89. The molecule has 1 heterocycles. The molecule has 0 spiro atoms. The van der Waals surface area contributed by atoms with Crippen LogP contribution < -0.4 is 4.72 Å². The van der Waals surface area contributed by atoms with Crippen LogP contribution in [-0.4, -0.2) is 63.1 Å². The minimum absolute atomic E-state index is 0.0646. The molecular weight excluding hydrogens is 296 g/mol. The number of terminal acetylenes is 1. The second-order valence-corrected chi connectivity index (χ2v) is 7.58. The fourth-order valence-corrected chi connectivity index (χ4v) is 2.88. The first kappa shape index (κ1) is 17.8. The van der Waals surface area contributed by atoms with Crippen LogP contribution in [0.4, 0.5) is 4.79 Å². The van der Waals surface area contributed by atoms with E-state index in [1.807, 2.05) is 0 Å². The molecule has 1 N–H and O–H groups in total. The average molecular weight is 318 g/mol. The third kappa shape index (κ3) is 6.80. The highest BCUT2D eigenvalue weighted by Crippen LogP contribution is 2.13. The van der Waals surface area contributed by atoms with Gasteiger partial charge < -0.3 is 14.4 Å².